The fourth-order valence-corrected chi connectivity index (χ4v) is 4.37. The number of rotatable bonds is 6. The predicted molar refractivity (Wildman–Crippen MR) is 114 cm³/mol. The minimum Gasteiger partial charge on any atom is -0.339 e. The van der Waals surface area contributed by atoms with Gasteiger partial charge in [0.15, 0.2) is 5.69 Å². The third kappa shape index (κ3) is 3.79. The van der Waals surface area contributed by atoms with E-state index in [2.05, 4.69) is 48.4 Å². The molecule has 1 atom stereocenters. The van der Waals surface area contributed by atoms with Gasteiger partial charge in [0.05, 0.1) is 12.7 Å². The zero-order valence-corrected chi connectivity index (χ0v) is 17.7. The molecule has 150 valence electrons. The average Bonchev–Trinajstić information content (AvgIpc) is 3.03. The van der Waals surface area contributed by atoms with Crippen LogP contribution in [0.25, 0.3) is 0 Å². The van der Waals surface area contributed by atoms with Crippen molar-refractivity contribution in [3.63, 3.8) is 0 Å². The number of hydrogen-bond donors (Lipinski definition) is 0. The largest absolute Gasteiger partial charge is 0.339 e. The molecule has 0 bridgehead atoms. The highest BCUT2D eigenvalue weighted by Gasteiger charge is 2.62. The summed E-state index contributed by atoms with van der Waals surface area (Å²) in [5.41, 5.74) is 2.85. The van der Waals surface area contributed by atoms with Gasteiger partial charge in [0, 0.05) is 24.0 Å². The maximum atomic E-state index is 13.0. The van der Waals surface area contributed by atoms with E-state index >= 15 is 0 Å². The summed E-state index contributed by atoms with van der Waals surface area (Å²) in [6.45, 7) is 5.73. The molecular formula is C23H25ClN4O. The minimum absolute atomic E-state index is 0.0159. The first kappa shape index (κ1) is 19.6. The van der Waals surface area contributed by atoms with Gasteiger partial charge in [-0.1, -0.05) is 73.1 Å². The van der Waals surface area contributed by atoms with E-state index in [4.69, 9.17) is 11.6 Å². The molecule has 0 spiro atoms. The van der Waals surface area contributed by atoms with Crippen LogP contribution in [0.1, 0.15) is 41.9 Å². The number of nitrogens with zero attached hydrogens (tertiary/aromatic N) is 4. The molecule has 1 fully saturated rings. The Balaban J connectivity index is 1.47. The van der Waals surface area contributed by atoms with E-state index in [-0.39, 0.29) is 16.7 Å². The van der Waals surface area contributed by atoms with Gasteiger partial charge in [0.1, 0.15) is 0 Å². The maximum Gasteiger partial charge on any atom is 0.275 e. The summed E-state index contributed by atoms with van der Waals surface area (Å²) in [7, 11) is 1.85. The van der Waals surface area contributed by atoms with Crippen LogP contribution in [-0.2, 0) is 12.0 Å². The molecule has 0 radical (unpaired) electrons. The van der Waals surface area contributed by atoms with E-state index in [0.29, 0.717) is 23.8 Å². The van der Waals surface area contributed by atoms with Crippen molar-refractivity contribution < 1.29 is 4.79 Å². The molecule has 0 unspecified atom stereocenters. The molecule has 6 heteroatoms. The molecule has 1 aliphatic carbocycles. The summed E-state index contributed by atoms with van der Waals surface area (Å²) in [5.74, 6) is -0.106. The summed E-state index contributed by atoms with van der Waals surface area (Å²) < 4.78 is 1.68. The van der Waals surface area contributed by atoms with E-state index in [1.807, 2.05) is 37.4 Å². The highest BCUT2D eigenvalue weighted by atomic mass is 35.5. The molecule has 1 heterocycles. The molecule has 1 saturated carbocycles. The lowest BCUT2D eigenvalue weighted by molar-refractivity contribution is 0.0769. The molecule has 1 aromatic heterocycles. The second-order valence-electron chi connectivity index (χ2n) is 8.60. The number of benzene rings is 2. The van der Waals surface area contributed by atoms with Gasteiger partial charge in [0.2, 0.25) is 0 Å². The second-order valence-corrected chi connectivity index (χ2v) is 9.03. The van der Waals surface area contributed by atoms with Gasteiger partial charge in [-0.2, -0.15) is 0 Å². The van der Waals surface area contributed by atoms with Crippen LogP contribution in [0, 0.1) is 5.41 Å². The van der Waals surface area contributed by atoms with Crippen LogP contribution in [0.3, 0.4) is 0 Å². The van der Waals surface area contributed by atoms with Crippen molar-refractivity contribution >= 4 is 17.5 Å². The van der Waals surface area contributed by atoms with Gasteiger partial charge in [0.25, 0.3) is 5.91 Å². The van der Waals surface area contributed by atoms with Gasteiger partial charge >= 0.3 is 0 Å². The highest BCUT2D eigenvalue weighted by molar-refractivity contribution is 6.30. The fraction of sp³-hybridized carbons (Fsp3) is 0.348. The van der Waals surface area contributed by atoms with Gasteiger partial charge < -0.3 is 4.90 Å². The van der Waals surface area contributed by atoms with Crippen LogP contribution in [0.2, 0.25) is 5.02 Å². The lowest BCUT2D eigenvalue weighted by atomic mass is 9.87. The predicted octanol–water partition coefficient (Wildman–Crippen LogP) is 4.42. The Bertz CT molecular complexity index is 1010. The number of hydrogen-bond acceptors (Lipinski definition) is 3. The lowest BCUT2D eigenvalue weighted by Crippen LogP contribution is -2.36. The molecule has 0 saturated heterocycles. The molecule has 4 rings (SSSR count). The molecule has 5 nitrogen and oxygen atoms in total. The third-order valence-corrected chi connectivity index (χ3v) is 6.36. The highest BCUT2D eigenvalue weighted by Crippen LogP contribution is 2.64. The van der Waals surface area contributed by atoms with Crippen molar-refractivity contribution in [2.24, 2.45) is 5.41 Å². The quantitative estimate of drug-likeness (QED) is 0.606. The topological polar surface area (TPSA) is 51.0 Å². The monoisotopic (exact) mass is 408 g/mol. The van der Waals surface area contributed by atoms with Crippen LogP contribution >= 0.6 is 11.6 Å². The fourth-order valence-electron chi connectivity index (χ4n) is 4.24. The van der Waals surface area contributed by atoms with Gasteiger partial charge in [-0.25, -0.2) is 4.68 Å². The summed E-state index contributed by atoms with van der Waals surface area (Å²) >= 11 is 5.93. The van der Waals surface area contributed by atoms with Crippen molar-refractivity contribution in [1.29, 1.82) is 0 Å². The first-order chi connectivity index (χ1) is 13.8. The molecule has 0 N–H and O–H groups in total. The normalized spacial score (nSPS) is 19.7. The molecule has 1 amide bonds. The van der Waals surface area contributed by atoms with Gasteiger partial charge in [-0.3, -0.25) is 4.79 Å². The molecule has 3 aromatic rings. The number of aromatic nitrogens is 3. The minimum atomic E-state index is -0.106. The van der Waals surface area contributed by atoms with Crippen LogP contribution < -0.4 is 0 Å². The second kappa shape index (κ2) is 7.30. The Kier molecular flexibility index (Phi) is 4.95. The Morgan fingerprint density at radius 2 is 1.79 bits per heavy atom. The summed E-state index contributed by atoms with van der Waals surface area (Å²) in [4.78, 5) is 14.8. The van der Waals surface area contributed by atoms with Crippen LogP contribution in [0.4, 0.5) is 0 Å². The van der Waals surface area contributed by atoms with Crippen LogP contribution in [0.5, 0.6) is 0 Å². The van der Waals surface area contributed by atoms with E-state index in [0.717, 1.165) is 12.0 Å². The first-order valence-electron chi connectivity index (χ1n) is 9.76. The average molecular weight is 409 g/mol. The van der Waals surface area contributed by atoms with Crippen molar-refractivity contribution in [2.45, 2.75) is 32.2 Å². The van der Waals surface area contributed by atoms with Crippen molar-refractivity contribution in [2.75, 3.05) is 13.6 Å². The zero-order valence-electron chi connectivity index (χ0n) is 17.0. The molecule has 1 aliphatic rings. The Morgan fingerprint density at radius 1 is 1.14 bits per heavy atom. The van der Waals surface area contributed by atoms with E-state index in [9.17, 15) is 4.79 Å². The van der Waals surface area contributed by atoms with E-state index in [1.54, 1.807) is 15.8 Å². The smallest absolute Gasteiger partial charge is 0.275 e. The van der Waals surface area contributed by atoms with Crippen molar-refractivity contribution in [3.8, 4) is 0 Å². The lowest BCUT2D eigenvalue weighted by Gasteiger charge is -2.27. The van der Waals surface area contributed by atoms with Crippen LogP contribution in [-0.4, -0.2) is 39.4 Å². The zero-order chi connectivity index (χ0) is 20.6. The SMILES string of the molecule is CN(C[C@@]1(c2ccccc2)CC1(C)C)C(=O)c1cn(Cc2ccc(Cl)cc2)nn1. The van der Waals surface area contributed by atoms with Crippen molar-refractivity contribution in [3.05, 3.63) is 82.6 Å². The number of likely N-dealkylation sites (N-methyl/N-ethyl adjacent to an activating group) is 1. The molecular weight excluding hydrogens is 384 g/mol. The maximum absolute atomic E-state index is 13.0. The Labute approximate surface area is 176 Å². The Morgan fingerprint density at radius 3 is 2.41 bits per heavy atom. The van der Waals surface area contributed by atoms with E-state index < -0.39 is 0 Å². The van der Waals surface area contributed by atoms with Crippen molar-refractivity contribution in [1.82, 2.24) is 19.9 Å². The van der Waals surface area contributed by atoms with Crippen LogP contribution in [0.15, 0.2) is 60.8 Å². The standard InChI is InChI=1S/C23H25ClN4O/c1-22(2)15-23(22,18-7-5-4-6-8-18)16-27(3)21(29)20-14-28(26-25-20)13-17-9-11-19(24)12-10-17/h4-12,14H,13,15-16H2,1-3H3/t23-/m1/s1. The first-order valence-corrected chi connectivity index (χ1v) is 10.1. The van der Waals surface area contributed by atoms with E-state index in [1.165, 1.54) is 5.56 Å². The molecule has 0 aliphatic heterocycles. The molecule has 29 heavy (non-hydrogen) atoms. The third-order valence-electron chi connectivity index (χ3n) is 6.11. The number of halogens is 1. The number of carbonyl (C=O) groups is 1. The number of amides is 1. The summed E-state index contributed by atoms with van der Waals surface area (Å²) in [6, 6.07) is 18.0. The summed E-state index contributed by atoms with van der Waals surface area (Å²) in [5, 5.41) is 8.92. The Hall–Kier alpha value is -2.66. The summed E-state index contributed by atoms with van der Waals surface area (Å²) in [6.07, 6.45) is 2.77. The van der Waals surface area contributed by atoms with Gasteiger partial charge in [-0.05, 0) is 35.1 Å². The van der Waals surface area contributed by atoms with Gasteiger partial charge in [-0.15, -0.1) is 5.10 Å². The number of carbonyl (C=O) groups excluding carboxylic acids is 1. The molecule has 2 aromatic carbocycles.